The van der Waals surface area contributed by atoms with E-state index in [1.165, 1.54) is 10.4 Å². The maximum absolute atomic E-state index is 12.4. The Balaban J connectivity index is 1.83. The van der Waals surface area contributed by atoms with Crippen LogP contribution in [0, 0.1) is 0 Å². The molecule has 0 aliphatic rings. The number of H-pyrrole nitrogens is 1. The normalized spacial score (nSPS) is 11.0. The lowest BCUT2D eigenvalue weighted by atomic mass is 10.1. The zero-order valence-corrected chi connectivity index (χ0v) is 13.9. The molecule has 2 aromatic heterocycles. The molecule has 2 heterocycles. The van der Waals surface area contributed by atoms with Gasteiger partial charge in [-0.3, -0.25) is 9.78 Å². The summed E-state index contributed by atoms with van der Waals surface area (Å²) >= 11 is 1.56. The fourth-order valence-corrected chi connectivity index (χ4v) is 3.79. The second kappa shape index (κ2) is 6.42. The largest absolute Gasteiger partial charge is 0.417 e. The van der Waals surface area contributed by atoms with Crippen molar-refractivity contribution in [3.63, 3.8) is 0 Å². The van der Waals surface area contributed by atoms with Gasteiger partial charge >= 0.3 is 5.76 Å². The zero-order chi connectivity index (χ0) is 16.4. The maximum atomic E-state index is 12.4. The van der Waals surface area contributed by atoms with Crippen LogP contribution in [0.15, 0.2) is 33.5 Å². The predicted molar refractivity (Wildman–Crippen MR) is 92.5 cm³/mol. The number of thiophene rings is 1. The van der Waals surface area contributed by atoms with Gasteiger partial charge in [0, 0.05) is 10.6 Å². The third-order valence-corrected chi connectivity index (χ3v) is 4.89. The molecule has 0 unspecified atom stereocenters. The van der Waals surface area contributed by atoms with Gasteiger partial charge in [-0.15, -0.1) is 11.3 Å². The highest BCUT2D eigenvalue weighted by Crippen LogP contribution is 2.26. The predicted octanol–water partition coefficient (Wildman–Crippen LogP) is 3.95. The van der Waals surface area contributed by atoms with Gasteiger partial charge in [-0.1, -0.05) is 20.3 Å². The Labute approximate surface area is 137 Å². The highest BCUT2D eigenvalue weighted by molar-refractivity contribution is 7.14. The van der Waals surface area contributed by atoms with Crippen LogP contribution in [0.1, 0.15) is 40.4 Å². The summed E-state index contributed by atoms with van der Waals surface area (Å²) in [5, 5.41) is 2.87. The number of aromatic amines is 1. The van der Waals surface area contributed by atoms with Crippen molar-refractivity contribution >= 4 is 34.0 Å². The summed E-state index contributed by atoms with van der Waals surface area (Å²) in [7, 11) is 0. The van der Waals surface area contributed by atoms with Crippen LogP contribution in [0.5, 0.6) is 0 Å². The molecule has 3 aromatic rings. The van der Waals surface area contributed by atoms with E-state index < -0.39 is 5.76 Å². The number of oxazole rings is 1. The van der Waals surface area contributed by atoms with E-state index in [1.807, 2.05) is 6.07 Å². The van der Waals surface area contributed by atoms with E-state index in [-0.39, 0.29) is 5.91 Å². The second-order valence-corrected chi connectivity index (χ2v) is 6.48. The average Bonchev–Trinajstić information content (AvgIpc) is 3.09. The van der Waals surface area contributed by atoms with Crippen LogP contribution in [0.25, 0.3) is 11.1 Å². The molecule has 6 heteroatoms. The molecule has 0 fully saturated rings. The van der Waals surface area contributed by atoms with Crippen molar-refractivity contribution in [2.45, 2.75) is 33.1 Å². The maximum Gasteiger partial charge on any atom is 0.417 e. The second-order valence-electron chi connectivity index (χ2n) is 5.34. The van der Waals surface area contributed by atoms with Gasteiger partial charge in [0.05, 0.1) is 10.4 Å². The summed E-state index contributed by atoms with van der Waals surface area (Å²) in [4.78, 5) is 28.2. The number of carbonyl (C=O) groups excluding carboxylic acids is 1. The number of fused-ring (bicyclic) bond motifs is 1. The Hall–Kier alpha value is -2.34. The van der Waals surface area contributed by atoms with E-state index >= 15 is 0 Å². The Morgan fingerprint density at radius 2 is 2.13 bits per heavy atom. The minimum absolute atomic E-state index is 0.128. The monoisotopic (exact) mass is 330 g/mol. The number of anilines is 1. The van der Waals surface area contributed by atoms with Crippen molar-refractivity contribution < 1.29 is 9.21 Å². The summed E-state index contributed by atoms with van der Waals surface area (Å²) in [6.45, 7) is 4.24. The SMILES string of the molecule is CCCc1sc(C(=O)Nc2ccc3oc(=O)[nH]c3c2)cc1CC. The number of nitrogens with one attached hydrogen (secondary N) is 2. The van der Waals surface area contributed by atoms with E-state index in [9.17, 15) is 9.59 Å². The summed E-state index contributed by atoms with van der Waals surface area (Å²) in [6, 6.07) is 7.05. The topological polar surface area (TPSA) is 75.1 Å². The van der Waals surface area contributed by atoms with Crippen molar-refractivity contribution in [3.8, 4) is 0 Å². The first-order valence-electron chi connectivity index (χ1n) is 7.66. The fraction of sp³-hybridized carbons (Fsp3) is 0.294. The van der Waals surface area contributed by atoms with Gasteiger partial charge in [0.2, 0.25) is 0 Å². The summed E-state index contributed by atoms with van der Waals surface area (Å²) in [5.74, 6) is -0.629. The number of aryl methyl sites for hydroxylation is 2. The minimum Gasteiger partial charge on any atom is -0.408 e. The van der Waals surface area contributed by atoms with E-state index in [2.05, 4.69) is 24.1 Å². The molecule has 3 rings (SSSR count). The lowest BCUT2D eigenvalue weighted by Gasteiger charge is -2.02. The molecule has 0 saturated heterocycles. The third-order valence-electron chi connectivity index (χ3n) is 3.66. The van der Waals surface area contributed by atoms with E-state index in [4.69, 9.17) is 4.42 Å². The molecule has 0 bridgehead atoms. The van der Waals surface area contributed by atoms with Crippen molar-refractivity contribution in [1.29, 1.82) is 0 Å². The van der Waals surface area contributed by atoms with Crippen molar-refractivity contribution in [3.05, 3.63) is 50.1 Å². The number of benzene rings is 1. The third kappa shape index (κ3) is 3.22. The van der Waals surface area contributed by atoms with Gasteiger partial charge in [-0.2, -0.15) is 0 Å². The molecule has 2 N–H and O–H groups in total. The van der Waals surface area contributed by atoms with Crippen molar-refractivity contribution in [2.75, 3.05) is 5.32 Å². The Kier molecular flexibility index (Phi) is 4.34. The number of aromatic nitrogens is 1. The van der Waals surface area contributed by atoms with Crippen LogP contribution in [-0.4, -0.2) is 10.9 Å². The van der Waals surface area contributed by atoms with Crippen LogP contribution >= 0.6 is 11.3 Å². The van der Waals surface area contributed by atoms with Crippen molar-refractivity contribution in [2.24, 2.45) is 0 Å². The molecule has 0 atom stereocenters. The highest BCUT2D eigenvalue weighted by atomic mass is 32.1. The summed E-state index contributed by atoms with van der Waals surface area (Å²) in [5.41, 5.74) is 2.92. The molecule has 0 radical (unpaired) electrons. The van der Waals surface area contributed by atoms with Crippen LogP contribution in [0.2, 0.25) is 0 Å². The number of hydrogen-bond acceptors (Lipinski definition) is 4. The smallest absolute Gasteiger partial charge is 0.408 e. The molecule has 0 aliphatic heterocycles. The zero-order valence-electron chi connectivity index (χ0n) is 13.1. The van der Waals surface area contributed by atoms with Gasteiger partial charge in [-0.25, -0.2) is 4.79 Å². The molecule has 5 nitrogen and oxygen atoms in total. The standard InChI is InChI=1S/C17H18N2O3S/c1-3-5-14-10(4-2)8-15(23-14)16(20)18-11-6-7-13-12(9-11)19-17(21)22-13/h6-9H,3-5H2,1-2H3,(H,18,20)(H,19,21). The quantitative estimate of drug-likeness (QED) is 0.744. The van der Waals surface area contributed by atoms with Gasteiger partial charge in [0.15, 0.2) is 5.58 Å². The molecule has 1 aromatic carbocycles. The van der Waals surface area contributed by atoms with Crippen LogP contribution in [-0.2, 0) is 12.8 Å². The van der Waals surface area contributed by atoms with E-state index in [0.29, 0.717) is 21.7 Å². The van der Waals surface area contributed by atoms with Crippen LogP contribution in [0.3, 0.4) is 0 Å². The lowest BCUT2D eigenvalue weighted by Crippen LogP contribution is -2.10. The van der Waals surface area contributed by atoms with Crippen LogP contribution in [0.4, 0.5) is 5.69 Å². The average molecular weight is 330 g/mol. The lowest BCUT2D eigenvalue weighted by molar-refractivity contribution is 0.103. The van der Waals surface area contributed by atoms with Gasteiger partial charge in [0.1, 0.15) is 0 Å². The molecular formula is C17H18N2O3S. The summed E-state index contributed by atoms with van der Waals surface area (Å²) in [6.07, 6.45) is 3.00. The molecule has 0 saturated carbocycles. The first-order chi connectivity index (χ1) is 11.1. The molecule has 1 amide bonds. The van der Waals surface area contributed by atoms with Gasteiger partial charge < -0.3 is 9.73 Å². The molecule has 0 aliphatic carbocycles. The molecular weight excluding hydrogens is 312 g/mol. The first kappa shape index (κ1) is 15.6. The number of carbonyl (C=O) groups is 1. The van der Waals surface area contributed by atoms with Gasteiger partial charge in [0.25, 0.3) is 5.91 Å². The Morgan fingerprint density at radius 1 is 1.30 bits per heavy atom. The molecule has 23 heavy (non-hydrogen) atoms. The van der Waals surface area contributed by atoms with E-state index in [1.54, 1.807) is 29.5 Å². The Bertz CT molecular complexity index is 904. The fourth-order valence-electron chi connectivity index (χ4n) is 2.54. The number of amides is 1. The number of hydrogen-bond donors (Lipinski definition) is 2. The number of rotatable bonds is 5. The summed E-state index contributed by atoms with van der Waals surface area (Å²) < 4.78 is 4.95. The van der Waals surface area contributed by atoms with Gasteiger partial charge in [-0.05, 0) is 42.7 Å². The van der Waals surface area contributed by atoms with Crippen molar-refractivity contribution in [1.82, 2.24) is 4.98 Å². The van der Waals surface area contributed by atoms with E-state index in [0.717, 1.165) is 19.3 Å². The van der Waals surface area contributed by atoms with Crippen LogP contribution < -0.4 is 11.1 Å². The molecule has 120 valence electrons. The molecule has 0 spiro atoms. The minimum atomic E-state index is -0.501. The first-order valence-corrected chi connectivity index (χ1v) is 8.48. The highest BCUT2D eigenvalue weighted by Gasteiger charge is 2.14. The Morgan fingerprint density at radius 3 is 2.87 bits per heavy atom.